The lowest BCUT2D eigenvalue weighted by molar-refractivity contribution is -0.401. The third-order valence-electron chi connectivity index (χ3n) is 22.3. The molecule has 6 heterocycles. The Hall–Kier alpha value is -1.76. The van der Waals surface area contributed by atoms with E-state index in [2.05, 4.69) is 19.9 Å². The summed E-state index contributed by atoms with van der Waals surface area (Å²) in [7, 11) is -4.90. The quantitative estimate of drug-likeness (QED) is 0.0459. The number of hydrogen-bond donors (Lipinski definition) is 15. The van der Waals surface area contributed by atoms with Crippen molar-refractivity contribution in [3.63, 3.8) is 0 Å². The van der Waals surface area contributed by atoms with Crippen LogP contribution in [0.1, 0.15) is 127 Å². The van der Waals surface area contributed by atoms with Crippen molar-refractivity contribution in [3.05, 3.63) is 11.6 Å². The van der Waals surface area contributed by atoms with Crippen molar-refractivity contribution in [2.45, 2.75) is 323 Å². The molecule has 3 saturated carbocycles. The van der Waals surface area contributed by atoms with Crippen molar-refractivity contribution in [2.24, 2.45) is 40.4 Å². The molecule has 0 spiro atoms. The fourth-order valence-electron chi connectivity index (χ4n) is 17.1. The molecule has 542 valence electrons. The average Bonchev–Trinajstić information content (AvgIpc) is 1.33. The predicted molar refractivity (Wildman–Crippen MR) is 315 cm³/mol. The van der Waals surface area contributed by atoms with Crippen molar-refractivity contribution in [1.82, 2.24) is 0 Å². The highest BCUT2D eigenvalue weighted by molar-refractivity contribution is 7.80. The molecule has 0 aromatic carbocycles. The van der Waals surface area contributed by atoms with Crippen LogP contribution in [0.2, 0.25) is 0 Å². The minimum Gasteiger partial charge on any atom is -0.389 e. The van der Waals surface area contributed by atoms with Gasteiger partial charge in [-0.15, -0.1) is 0 Å². The Labute approximate surface area is 546 Å². The molecule has 31 nitrogen and oxygen atoms in total. The summed E-state index contributed by atoms with van der Waals surface area (Å²) in [5, 5.41) is 159. The summed E-state index contributed by atoms with van der Waals surface area (Å²) in [5.41, 5.74) is -1.30. The van der Waals surface area contributed by atoms with Crippen LogP contribution >= 0.6 is 0 Å². The first-order valence-electron chi connectivity index (χ1n) is 33.1. The maximum atomic E-state index is 13.3. The first-order valence-corrected chi connectivity index (χ1v) is 34.5. The fraction of sp³-hybridized carbons (Fsp3) is 0.952. The molecule has 0 radical (unpaired) electrons. The van der Waals surface area contributed by atoms with E-state index in [9.17, 15) is 89.3 Å². The molecular formula is C62H102O31S. The summed E-state index contributed by atoms with van der Waals surface area (Å²) in [5.74, 6) is -0.854. The molecule has 32 heteroatoms. The molecule has 4 unspecified atom stereocenters. The largest absolute Gasteiger partial charge is 0.397 e. The van der Waals surface area contributed by atoms with Crippen LogP contribution in [0.4, 0.5) is 0 Å². The lowest BCUT2D eigenvalue weighted by Crippen LogP contribution is -2.67. The van der Waals surface area contributed by atoms with Crippen LogP contribution in [-0.4, -0.2) is 293 Å². The van der Waals surface area contributed by atoms with E-state index in [1.807, 2.05) is 13.8 Å². The highest BCUT2D eigenvalue weighted by Crippen LogP contribution is 2.67. The van der Waals surface area contributed by atoms with Gasteiger partial charge < -0.3 is 128 Å². The lowest BCUT2D eigenvalue weighted by atomic mass is 9.47. The molecule has 9 fully saturated rings. The van der Waals surface area contributed by atoms with E-state index < -0.39 is 230 Å². The Morgan fingerprint density at radius 1 is 0.553 bits per heavy atom. The van der Waals surface area contributed by atoms with Crippen LogP contribution in [0.25, 0.3) is 0 Å². The third-order valence-corrected chi connectivity index (χ3v) is 22.8. The standard InChI is InChI=1S/C62H102O31S/c1-22(2)17-28(63)20-62(10,77)36-12-11-31-30-19-34(33-18-29(93-94(78,79)80)13-15-60(33,8)32(30)14-16-61(31,36)9)87-56-48(75)51(41(68)26(6)84-56)90-58-52(91-55-47(74)44(71)38(65)24(4)83-55)42(69)35(21-81-58)88-59-53(45(72)39(66)25(5)86-59)92-57-49(76)50(40(67)27(7)85-57)89-54-46(73)43(70)37(64)23(3)82-54/h14,22-27,29-31,33-59,64-77H,11-13,15-21H2,1-10H3,(H,78,79,80)/t23-,24-,25-,26-,27-,29+,30?,31?,33?,34+,35-,36+,37+,38-,39-,40+,41-,42+,43+,44+,45+,46-,47-,48-,49-,50+,51+,52-,53-,54+,55+,56+,57+,58+,59+,60-,61+,62?/m1/s1. The number of allylic oxidation sites excluding steroid dienone is 2. The Morgan fingerprint density at radius 2 is 1.01 bits per heavy atom. The fourth-order valence-corrected chi connectivity index (χ4v) is 17.7. The van der Waals surface area contributed by atoms with Crippen LogP contribution < -0.4 is 0 Å². The predicted octanol–water partition coefficient (Wildman–Crippen LogP) is -2.80. The number of ether oxygens (including phenoxy) is 12. The molecule has 0 aromatic rings. The summed E-state index contributed by atoms with van der Waals surface area (Å²) in [6, 6.07) is 0. The third kappa shape index (κ3) is 14.8. The number of fused-ring (bicyclic) bond motifs is 5. The Kier molecular flexibility index (Phi) is 23.1. The monoisotopic (exact) mass is 1370 g/mol. The molecular weight excluding hydrogens is 1270 g/mol. The second-order valence-corrected chi connectivity index (χ2v) is 30.5. The number of rotatable bonds is 19. The molecule has 6 aliphatic heterocycles. The van der Waals surface area contributed by atoms with E-state index in [1.54, 1.807) is 6.92 Å². The van der Waals surface area contributed by atoms with E-state index in [-0.39, 0.29) is 48.7 Å². The van der Waals surface area contributed by atoms with Gasteiger partial charge in [-0.2, -0.15) is 8.42 Å². The first-order chi connectivity index (χ1) is 43.8. The summed E-state index contributed by atoms with van der Waals surface area (Å²) in [6.45, 7) is 16.2. The lowest BCUT2D eigenvalue weighted by Gasteiger charge is -2.60. The number of Topliss-reactive ketones (excluding diaryl/α,β-unsaturated/α-hetero) is 1. The number of carbonyl (C=O) groups excluding carboxylic acids is 1. The van der Waals surface area contributed by atoms with Gasteiger partial charge in [0.2, 0.25) is 0 Å². The van der Waals surface area contributed by atoms with Crippen molar-refractivity contribution in [2.75, 3.05) is 6.61 Å². The molecule has 0 aromatic heterocycles. The number of aliphatic hydroxyl groups is 14. The molecule has 38 atom stereocenters. The van der Waals surface area contributed by atoms with Crippen molar-refractivity contribution < 1.29 is 150 Å². The summed E-state index contributed by atoms with van der Waals surface area (Å²) >= 11 is 0. The zero-order valence-corrected chi connectivity index (χ0v) is 55.4. The van der Waals surface area contributed by atoms with Crippen LogP contribution in [0, 0.1) is 40.4 Å². The molecule has 0 bridgehead atoms. The van der Waals surface area contributed by atoms with Crippen molar-refractivity contribution >= 4 is 16.2 Å². The summed E-state index contributed by atoms with van der Waals surface area (Å²) in [4.78, 5) is 13.3. The molecule has 15 N–H and O–H groups in total. The normalized spacial score (nSPS) is 52.4. The summed E-state index contributed by atoms with van der Waals surface area (Å²) < 4.78 is 113. The van der Waals surface area contributed by atoms with Gasteiger partial charge in [0.1, 0.15) is 116 Å². The van der Waals surface area contributed by atoms with E-state index in [0.717, 1.165) is 5.57 Å². The van der Waals surface area contributed by atoms with Gasteiger partial charge in [0, 0.05) is 12.8 Å². The van der Waals surface area contributed by atoms with Gasteiger partial charge in [-0.3, -0.25) is 9.35 Å². The molecule has 6 saturated heterocycles. The highest BCUT2D eigenvalue weighted by Gasteiger charge is 2.64. The van der Waals surface area contributed by atoms with Gasteiger partial charge in [-0.05, 0) is 127 Å². The minimum absolute atomic E-state index is 0.00310. The zero-order valence-electron chi connectivity index (χ0n) is 54.6. The highest BCUT2D eigenvalue weighted by atomic mass is 32.3. The Balaban J connectivity index is 0.898. The van der Waals surface area contributed by atoms with Gasteiger partial charge in [0.25, 0.3) is 0 Å². The van der Waals surface area contributed by atoms with Gasteiger partial charge in [0.15, 0.2) is 37.7 Å². The second-order valence-electron chi connectivity index (χ2n) is 29.4. The van der Waals surface area contributed by atoms with Gasteiger partial charge in [-0.25, -0.2) is 4.18 Å². The zero-order chi connectivity index (χ0) is 68.9. The topological polar surface area (TPSA) is 475 Å². The van der Waals surface area contributed by atoms with Crippen molar-refractivity contribution in [3.8, 4) is 0 Å². The SMILES string of the molecule is CC(C)CC(=O)CC(C)(O)[C@H]1CCC2C3C[C@H](O[C@@H]4O[C@H](C)[C@@H](O)[C@H](O[C@@H]5OC[C@@H](O[C@@H]6O[C@H](C)[C@@H](O)[C@H](O)[C@H]6O[C@@H]6O[C@H](C)[C@H](O)[C@H](O[C@@H]7O[C@H](C)[C@H](O)[C@H](O)[C@H]7O)[C@H]6O)[C@H](O)[C@H]5O[C@@H]5O[C@H](C)[C@@H](O)[C@H](O)[C@H]5O)[C@H]4O)C4C[C@@H](OS(=O)(=O)O)CC[C@]4(C)C3=CC[C@@]21C. The Bertz CT molecular complexity index is 2710. The van der Waals surface area contributed by atoms with Gasteiger partial charge >= 0.3 is 10.4 Å². The maximum absolute atomic E-state index is 13.3. The first kappa shape index (κ1) is 74.9. The average molecular weight is 1380 g/mol. The number of aliphatic hydroxyl groups excluding tert-OH is 13. The van der Waals surface area contributed by atoms with E-state index in [0.29, 0.717) is 38.5 Å². The van der Waals surface area contributed by atoms with Gasteiger partial charge in [0.05, 0.1) is 54.9 Å². The molecule has 10 aliphatic rings. The molecule has 94 heavy (non-hydrogen) atoms. The van der Waals surface area contributed by atoms with E-state index >= 15 is 0 Å². The number of ketones is 1. The molecule has 4 aliphatic carbocycles. The van der Waals surface area contributed by atoms with Crippen LogP contribution in [0.3, 0.4) is 0 Å². The molecule has 0 amide bonds. The van der Waals surface area contributed by atoms with E-state index in [4.69, 9.17) is 61.0 Å². The minimum atomic E-state index is -4.90. The number of hydrogen-bond acceptors (Lipinski definition) is 30. The maximum Gasteiger partial charge on any atom is 0.397 e. The van der Waals surface area contributed by atoms with Crippen LogP contribution in [0.5, 0.6) is 0 Å². The molecule has 10 rings (SSSR count). The second kappa shape index (κ2) is 28.9. The number of carbonyl (C=O) groups is 1. The summed E-state index contributed by atoms with van der Waals surface area (Å²) in [6.07, 6.45) is -44.9. The van der Waals surface area contributed by atoms with Crippen LogP contribution in [-0.2, 0) is 76.2 Å². The van der Waals surface area contributed by atoms with Crippen LogP contribution in [0.15, 0.2) is 11.6 Å². The van der Waals surface area contributed by atoms with E-state index in [1.165, 1.54) is 34.6 Å². The smallest absolute Gasteiger partial charge is 0.389 e. The Morgan fingerprint density at radius 3 is 1.54 bits per heavy atom. The van der Waals surface area contributed by atoms with Crippen molar-refractivity contribution in [1.29, 1.82) is 0 Å². The van der Waals surface area contributed by atoms with Gasteiger partial charge in [-0.1, -0.05) is 39.3 Å².